The van der Waals surface area contributed by atoms with Gasteiger partial charge in [-0.1, -0.05) is 49.5 Å². The standard InChI is InChI=1S/C24H21F4N3O2S2/c1-12(2)34-22-19(14-7-9-16(10-8-14)24(26,27)28)29-23(35-22)31-20(21(32)33)18(13(3)30-31)15-5-4-6-17(25)11-15/h4-7,9,11-12H,8,10H2,1-3H3,(H,32,33). The van der Waals surface area contributed by atoms with E-state index in [9.17, 15) is 27.5 Å². The molecule has 4 rings (SSSR count). The zero-order valence-electron chi connectivity index (χ0n) is 19.0. The highest BCUT2D eigenvalue weighted by Crippen LogP contribution is 2.42. The lowest BCUT2D eigenvalue weighted by Gasteiger charge is -2.16. The van der Waals surface area contributed by atoms with Crippen LogP contribution in [0, 0.1) is 12.7 Å². The molecular formula is C24H21F4N3O2S2. The van der Waals surface area contributed by atoms with E-state index < -0.39 is 23.5 Å². The van der Waals surface area contributed by atoms with Gasteiger partial charge in [-0.3, -0.25) is 0 Å². The van der Waals surface area contributed by atoms with E-state index >= 15 is 0 Å². The predicted octanol–water partition coefficient (Wildman–Crippen LogP) is 7.31. The number of carbonyl (C=O) groups is 1. The van der Waals surface area contributed by atoms with E-state index in [-0.39, 0.29) is 34.5 Å². The van der Waals surface area contributed by atoms with Crippen molar-refractivity contribution in [3.63, 3.8) is 0 Å². The number of nitrogens with zero attached hydrogens (tertiary/aromatic N) is 3. The van der Waals surface area contributed by atoms with Gasteiger partial charge >= 0.3 is 12.1 Å². The third-order valence-corrected chi connectivity index (χ3v) is 7.55. The third-order valence-electron chi connectivity index (χ3n) is 5.30. The molecule has 0 amide bonds. The lowest BCUT2D eigenvalue weighted by atomic mass is 9.96. The Hall–Kier alpha value is -2.92. The molecule has 1 aliphatic rings. The van der Waals surface area contributed by atoms with E-state index in [1.807, 2.05) is 13.8 Å². The number of halogens is 4. The smallest absolute Gasteiger partial charge is 0.412 e. The molecule has 2 aromatic heterocycles. The molecule has 184 valence electrons. The number of hydrogen-bond acceptors (Lipinski definition) is 5. The number of benzene rings is 1. The average molecular weight is 524 g/mol. The first-order chi connectivity index (χ1) is 16.5. The maximum absolute atomic E-state index is 13.9. The molecule has 11 heteroatoms. The largest absolute Gasteiger partial charge is 0.476 e. The highest BCUT2D eigenvalue weighted by Gasteiger charge is 2.34. The number of thiazole rings is 1. The molecule has 0 saturated carbocycles. The van der Waals surface area contributed by atoms with Crippen molar-refractivity contribution >= 4 is 34.6 Å². The topological polar surface area (TPSA) is 68.0 Å². The summed E-state index contributed by atoms with van der Waals surface area (Å²) in [6.07, 6.45) is -1.86. The molecule has 0 aliphatic heterocycles. The number of aryl methyl sites for hydroxylation is 1. The second kappa shape index (κ2) is 9.62. The van der Waals surface area contributed by atoms with Crippen molar-refractivity contribution in [2.45, 2.75) is 49.2 Å². The summed E-state index contributed by atoms with van der Waals surface area (Å²) in [6, 6.07) is 5.60. The Morgan fingerprint density at radius 2 is 1.97 bits per heavy atom. The van der Waals surface area contributed by atoms with Gasteiger partial charge in [0.1, 0.15) is 5.82 Å². The van der Waals surface area contributed by atoms with Gasteiger partial charge in [0, 0.05) is 16.4 Å². The third kappa shape index (κ3) is 5.20. The van der Waals surface area contributed by atoms with Crippen LogP contribution in [0.15, 0.2) is 46.2 Å². The number of carboxylic acid groups (broad SMARTS) is 1. The van der Waals surface area contributed by atoms with E-state index in [0.29, 0.717) is 22.5 Å². The van der Waals surface area contributed by atoms with E-state index in [1.54, 1.807) is 13.0 Å². The van der Waals surface area contributed by atoms with Crippen LogP contribution in [0.5, 0.6) is 0 Å². The second-order valence-corrected chi connectivity index (χ2v) is 11.0. The Morgan fingerprint density at radius 1 is 1.23 bits per heavy atom. The molecule has 2 heterocycles. The fraction of sp³-hybridized carbons (Fsp3) is 0.292. The summed E-state index contributed by atoms with van der Waals surface area (Å²) in [4.78, 5) is 16.9. The van der Waals surface area contributed by atoms with Crippen LogP contribution in [0.25, 0.3) is 21.8 Å². The molecule has 0 unspecified atom stereocenters. The van der Waals surface area contributed by atoms with Gasteiger partial charge in [0.15, 0.2) is 5.69 Å². The minimum absolute atomic E-state index is 0.154. The normalized spacial score (nSPS) is 14.3. The van der Waals surface area contributed by atoms with E-state index in [2.05, 4.69) is 10.1 Å². The summed E-state index contributed by atoms with van der Waals surface area (Å²) in [6.45, 7) is 5.59. The van der Waals surface area contributed by atoms with E-state index in [4.69, 9.17) is 0 Å². The highest BCUT2D eigenvalue weighted by atomic mass is 32.2. The van der Waals surface area contributed by atoms with Crippen LogP contribution in [0.4, 0.5) is 17.6 Å². The number of thioether (sulfide) groups is 1. The minimum Gasteiger partial charge on any atom is -0.476 e. The van der Waals surface area contributed by atoms with Crippen molar-refractivity contribution in [1.82, 2.24) is 14.8 Å². The van der Waals surface area contributed by atoms with E-state index in [0.717, 1.165) is 10.3 Å². The lowest BCUT2D eigenvalue weighted by Crippen LogP contribution is -2.13. The Bertz CT molecular complexity index is 1350. The zero-order chi connectivity index (χ0) is 25.5. The van der Waals surface area contributed by atoms with Crippen molar-refractivity contribution in [1.29, 1.82) is 0 Å². The summed E-state index contributed by atoms with van der Waals surface area (Å²) < 4.78 is 55.0. The Labute approximate surface area is 207 Å². The average Bonchev–Trinajstić information content (AvgIpc) is 3.33. The van der Waals surface area contributed by atoms with Gasteiger partial charge in [0.2, 0.25) is 5.13 Å². The summed E-state index contributed by atoms with van der Waals surface area (Å²) in [5.41, 5.74) is 1.46. The summed E-state index contributed by atoms with van der Waals surface area (Å²) in [5.74, 6) is -1.76. The molecule has 35 heavy (non-hydrogen) atoms. The first-order valence-corrected chi connectivity index (χ1v) is 12.4. The lowest BCUT2D eigenvalue weighted by molar-refractivity contribution is -0.0939. The van der Waals surface area contributed by atoms with Crippen LogP contribution in [-0.4, -0.2) is 37.3 Å². The zero-order valence-corrected chi connectivity index (χ0v) is 20.6. The number of carboxylic acids is 1. The van der Waals surface area contributed by atoms with Gasteiger partial charge in [-0.2, -0.15) is 23.0 Å². The monoisotopic (exact) mass is 523 g/mol. The second-order valence-electron chi connectivity index (χ2n) is 8.22. The Kier molecular flexibility index (Phi) is 6.92. The number of aromatic nitrogens is 3. The number of rotatable bonds is 6. The quantitative estimate of drug-likeness (QED) is 0.271. The van der Waals surface area contributed by atoms with Crippen molar-refractivity contribution in [3.8, 4) is 16.3 Å². The molecule has 0 atom stereocenters. The fourth-order valence-electron chi connectivity index (χ4n) is 3.81. The van der Waals surface area contributed by atoms with Crippen LogP contribution in [0.1, 0.15) is 48.6 Å². The van der Waals surface area contributed by atoms with Gasteiger partial charge in [0.25, 0.3) is 0 Å². The summed E-state index contributed by atoms with van der Waals surface area (Å²) in [7, 11) is 0. The first kappa shape index (κ1) is 25.2. The van der Waals surface area contributed by atoms with Gasteiger partial charge in [0.05, 0.1) is 15.6 Å². The number of alkyl halides is 3. The highest BCUT2D eigenvalue weighted by molar-refractivity contribution is 8.01. The molecule has 0 bridgehead atoms. The van der Waals surface area contributed by atoms with Crippen LogP contribution < -0.4 is 0 Å². The van der Waals surface area contributed by atoms with Crippen LogP contribution in [-0.2, 0) is 0 Å². The molecule has 0 radical (unpaired) electrons. The molecule has 1 aliphatic carbocycles. The molecule has 0 fully saturated rings. The molecular weight excluding hydrogens is 502 g/mol. The van der Waals surface area contributed by atoms with Gasteiger partial charge < -0.3 is 5.11 Å². The van der Waals surface area contributed by atoms with Crippen LogP contribution in [0.2, 0.25) is 0 Å². The van der Waals surface area contributed by atoms with Crippen molar-refractivity contribution in [2.75, 3.05) is 0 Å². The van der Waals surface area contributed by atoms with Gasteiger partial charge in [-0.15, -0.1) is 11.8 Å². The number of hydrogen-bond donors (Lipinski definition) is 1. The minimum atomic E-state index is -4.37. The maximum atomic E-state index is 13.9. The fourth-order valence-corrected chi connectivity index (χ4v) is 6.31. The van der Waals surface area contributed by atoms with Crippen molar-refractivity contribution in [2.24, 2.45) is 0 Å². The molecule has 0 spiro atoms. The molecule has 0 saturated heterocycles. The Morgan fingerprint density at radius 3 is 2.54 bits per heavy atom. The maximum Gasteiger partial charge on any atom is 0.412 e. The summed E-state index contributed by atoms with van der Waals surface area (Å²) in [5, 5.41) is 14.9. The van der Waals surface area contributed by atoms with Crippen molar-refractivity contribution in [3.05, 3.63) is 64.9 Å². The molecule has 5 nitrogen and oxygen atoms in total. The van der Waals surface area contributed by atoms with Gasteiger partial charge in [-0.25, -0.2) is 14.2 Å². The molecule has 3 aromatic rings. The number of allylic oxidation sites excluding steroid dienone is 4. The predicted molar refractivity (Wildman–Crippen MR) is 129 cm³/mol. The SMILES string of the molecule is Cc1nn(-c2nc(C3=CC=C(C(F)(F)F)CC3)c(SC(C)C)s2)c(C(=O)O)c1-c1cccc(F)c1. The van der Waals surface area contributed by atoms with Crippen molar-refractivity contribution < 1.29 is 27.5 Å². The first-order valence-electron chi connectivity index (χ1n) is 10.7. The van der Waals surface area contributed by atoms with Crippen LogP contribution >= 0.6 is 23.1 Å². The van der Waals surface area contributed by atoms with Crippen LogP contribution in [0.3, 0.4) is 0 Å². The molecule has 1 N–H and O–H groups in total. The number of aromatic carboxylic acids is 1. The Balaban J connectivity index is 1.85. The molecule has 1 aromatic carbocycles. The van der Waals surface area contributed by atoms with Gasteiger partial charge in [-0.05, 0) is 43.0 Å². The van der Waals surface area contributed by atoms with E-state index in [1.165, 1.54) is 52.1 Å². The summed E-state index contributed by atoms with van der Waals surface area (Å²) >= 11 is 2.72.